The number of rotatable bonds is 6. The van der Waals surface area contributed by atoms with Crippen LogP contribution in [0.4, 0.5) is 13.2 Å². The van der Waals surface area contributed by atoms with E-state index < -0.39 is 19.7 Å². The van der Waals surface area contributed by atoms with Crippen LogP contribution in [0, 0.1) is 0 Å². The van der Waals surface area contributed by atoms with Crippen LogP contribution in [0.15, 0.2) is 120 Å². The fourth-order valence-electron chi connectivity index (χ4n) is 3.28. The van der Waals surface area contributed by atoms with Gasteiger partial charge in [-0.15, -0.1) is 0 Å². The van der Waals surface area contributed by atoms with Crippen molar-refractivity contribution in [1.82, 2.24) is 0 Å². The summed E-state index contributed by atoms with van der Waals surface area (Å²) in [5.74, 6) is 0. The summed E-state index contributed by atoms with van der Waals surface area (Å²) < 4.78 is 40.7. The van der Waals surface area contributed by atoms with Crippen LogP contribution in [0.1, 0.15) is 11.1 Å². The van der Waals surface area contributed by atoms with Crippen LogP contribution in [0.3, 0.4) is 0 Å². The number of halogens is 3. The summed E-state index contributed by atoms with van der Waals surface area (Å²) in [4.78, 5) is 2.23. The van der Waals surface area contributed by atoms with Gasteiger partial charge >= 0.3 is 194 Å². The molecule has 4 aromatic rings. The standard InChI is InChI=1S/C27H20F3PSe/c28-27(29,30)22-18-16-21(17-19-22)26(20-32-25-14-8-3-9-15-25)31(23-10-4-1-5-11-23)24-12-6-2-7-13-24/h1-20H/b26-20+. The van der Waals surface area contributed by atoms with Crippen LogP contribution in [-0.2, 0) is 6.18 Å². The average molecular weight is 511 g/mol. The number of benzene rings is 4. The predicted molar refractivity (Wildman–Crippen MR) is 130 cm³/mol. The van der Waals surface area contributed by atoms with Gasteiger partial charge in [0.25, 0.3) is 0 Å². The molecule has 5 heteroatoms. The summed E-state index contributed by atoms with van der Waals surface area (Å²) in [6, 6.07) is 36.2. The molecule has 0 N–H and O–H groups in total. The molecular formula is C27H20F3PSe. The molecule has 0 fully saturated rings. The minimum atomic E-state index is -4.35. The van der Waals surface area contributed by atoms with Gasteiger partial charge in [-0.3, -0.25) is 0 Å². The van der Waals surface area contributed by atoms with Gasteiger partial charge in [-0.05, 0) is 0 Å². The molecule has 160 valence electrons. The van der Waals surface area contributed by atoms with Crippen molar-refractivity contribution in [3.05, 3.63) is 131 Å². The van der Waals surface area contributed by atoms with Crippen LogP contribution in [0.5, 0.6) is 0 Å². The SMILES string of the molecule is FC(F)(F)c1ccc(/C(=C\[Se]c2ccccc2)P(c2ccccc2)c2ccccc2)cc1. The van der Waals surface area contributed by atoms with Crippen LogP contribution >= 0.6 is 7.92 Å². The Balaban J connectivity index is 1.84. The quantitative estimate of drug-likeness (QED) is 0.215. The fourth-order valence-corrected chi connectivity index (χ4v) is 7.99. The van der Waals surface area contributed by atoms with Crippen molar-refractivity contribution >= 4 is 43.3 Å². The fraction of sp³-hybridized carbons (Fsp3) is 0.0370. The first-order chi connectivity index (χ1) is 15.5. The van der Waals surface area contributed by atoms with E-state index in [1.807, 2.05) is 54.6 Å². The molecule has 0 spiro atoms. The topological polar surface area (TPSA) is 0 Å². The molecule has 0 saturated heterocycles. The Bertz CT molecular complexity index is 1120. The van der Waals surface area contributed by atoms with Crippen molar-refractivity contribution in [2.45, 2.75) is 6.18 Å². The molecule has 0 unspecified atom stereocenters. The minimum absolute atomic E-state index is 0.0451. The van der Waals surface area contributed by atoms with Gasteiger partial charge in [0.1, 0.15) is 0 Å². The van der Waals surface area contributed by atoms with Gasteiger partial charge in [-0.25, -0.2) is 0 Å². The van der Waals surface area contributed by atoms with Crippen molar-refractivity contribution in [2.24, 2.45) is 0 Å². The van der Waals surface area contributed by atoms with Gasteiger partial charge in [0.05, 0.1) is 0 Å². The first kappa shape index (κ1) is 22.5. The Hall–Kier alpha value is -2.64. The van der Waals surface area contributed by atoms with E-state index in [0.717, 1.165) is 10.9 Å². The molecule has 0 aliphatic carbocycles. The zero-order chi connectivity index (χ0) is 22.4. The van der Waals surface area contributed by atoms with E-state index in [9.17, 15) is 13.2 Å². The van der Waals surface area contributed by atoms with E-state index in [1.165, 1.54) is 27.2 Å². The van der Waals surface area contributed by atoms with E-state index >= 15 is 0 Å². The van der Waals surface area contributed by atoms with Crippen molar-refractivity contribution < 1.29 is 13.2 Å². The molecular weight excluding hydrogens is 491 g/mol. The number of hydrogen-bond donors (Lipinski definition) is 0. The summed E-state index contributed by atoms with van der Waals surface area (Å²) >= 11 is 0.0451. The van der Waals surface area contributed by atoms with E-state index in [1.54, 1.807) is 12.1 Å². The van der Waals surface area contributed by atoms with Gasteiger partial charge in [0.15, 0.2) is 0 Å². The zero-order valence-electron chi connectivity index (χ0n) is 17.0. The Morgan fingerprint density at radius 2 is 1.09 bits per heavy atom. The monoisotopic (exact) mass is 512 g/mol. The van der Waals surface area contributed by atoms with Crippen molar-refractivity contribution in [2.75, 3.05) is 0 Å². The van der Waals surface area contributed by atoms with E-state index in [4.69, 9.17) is 0 Å². The zero-order valence-corrected chi connectivity index (χ0v) is 19.6. The summed E-state index contributed by atoms with van der Waals surface area (Å²) in [6.45, 7) is 0. The second-order valence-corrected chi connectivity index (χ2v) is 11.2. The Kier molecular flexibility index (Phi) is 7.27. The average Bonchev–Trinajstić information content (AvgIpc) is 2.83. The van der Waals surface area contributed by atoms with Gasteiger partial charge in [-0.2, -0.15) is 0 Å². The van der Waals surface area contributed by atoms with E-state index in [0.29, 0.717) is 0 Å². The molecule has 0 radical (unpaired) electrons. The molecule has 0 atom stereocenters. The van der Waals surface area contributed by atoms with E-state index in [2.05, 4.69) is 41.4 Å². The molecule has 0 aromatic heterocycles. The Morgan fingerprint density at radius 3 is 1.56 bits per heavy atom. The van der Waals surface area contributed by atoms with Crippen molar-refractivity contribution in [3.8, 4) is 0 Å². The molecule has 0 amide bonds. The third-order valence-corrected chi connectivity index (χ3v) is 9.60. The number of alkyl halides is 3. The molecule has 0 aliphatic heterocycles. The second kappa shape index (κ2) is 10.3. The molecule has 4 aromatic carbocycles. The maximum atomic E-state index is 13.2. The van der Waals surface area contributed by atoms with Gasteiger partial charge in [0.2, 0.25) is 0 Å². The van der Waals surface area contributed by atoms with Crippen LogP contribution < -0.4 is 15.1 Å². The summed E-state index contributed by atoms with van der Waals surface area (Å²) in [5, 5.41) is 3.42. The van der Waals surface area contributed by atoms with Gasteiger partial charge < -0.3 is 0 Å². The first-order valence-corrected chi connectivity index (χ1v) is 13.2. The number of hydrogen-bond acceptors (Lipinski definition) is 0. The molecule has 0 saturated carbocycles. The normalized spacial score (nSPS) is 12.2. The van der Waals surface area contributed by atoms with Crippen molar-refractivity contribution in [1.29, 1.82) is 0 Å². The predicted octanol–water partition coefficient (Wildman–Crippen LogP) is 6.17. The third kappa shape index (κ3) is 5.58. The first-order valence-electron chi connectivity index (χ1n) is 10.0. The summed E-state index contributed by atoms with van der Waals surface area (Å²) in [7, 11) is -0.929. The van der Waals surface area contributed by atoms with Gasteiger partial charge in [0, 0.05) is 0 Å². The Labute approximate surface area is 193 Å². The summed E-state index contributed by atoms with van der Waals surface area (Å²) in [5.41, 5.74) is 0.201. The van der Waals surface area contributed by atoms with Crippen LogP contribution in [-0.4, -0.2) is 15.0 Å². The second-order valence-electron chi connectivity index (χ2n) is 7.02. The molecule has 0 aliphatic rings. The van der Waals surface area contributed by atoms with Crippen LogP contribution in [0.2, 0.25) is 0 Å². The Morgan fingerprint density at radius 1 is 0.625 bits per heavy atom. The van der Waals surface area contributed by atoms with E-state index in [-0.39, 0.29) is 15.0 Å². The van der Waals surface area contributed by atoms with Gasteiger partial charge in [-0.1, -0.05) is 0 Å². The molecule has 32 heavy (non-hydrogen) atoms. The van der Waals surface area contributed by atoms with Crippen molar-refractivity contribution in [3.63, 3.8) is 0 Å². The molecule has 0 bridgehead atoms. The molecule has 0 nitrogen and oxygen atoms in total. The summed E-state index contributed by atoms with van der Waals surface area (Å²) in [6.07, 6.45) is -4.35. The van der Waals surface area contributed by atoms with Crippen LogP contribution in [0.25, 0.3) is 5.31 Å². The molecule has 0 heterocycles. The maximum absolute atomic E-state index is 13.2. The molecule has 4 rings (SSSR count). The third-order valence-electron chi connectivity index (χ3n) is 4.83.